The lowest BCUT2D eigenvalue weighted by atomic mass is 10.0. The summed E-state index contributed by atoms with van der Waals surface area (Å²) in [6.07, 6.45) is 2.94. The average Bonchev–Trinajstić information content (AvgIpc) is 2.91. The summed E-state index contributed by atoms with van der Waals surface area (Å²) in [5.41, 5.74) is 1.68. The van der Waals surface area contributed by atoms with Crippen LogP contribution < -0.4 is 10.6 Å². The largest absolute Gasteiger partial charge is 0.352 e. The van der Waals surface area contributed by atoms with Gasteiger partial charge in [0.1, 0.15) is 6.04 Å². The first-order chi connectivity index (χ1) is 12.0. The van der Waals surface area contributed by atoms with Gasteiger partial charge in [-0.15, -0.1) is 6.58 Å². The number of nitrogens with one attached hydrogen (secondary N) is 2. The highest BCUT2D eigenvalue weighted by Gasteiger charge is 2.39. The summed E-state index contributed by atoms with van der Waals surface area (Å²) in [6, 6.07) is 4.25. The fourth-order valence-corrected chi connectivity index (χ4v) is 3.11. The smallest absolute Gasteiger partial charge is 0.255 e. The maximum absolute atomic E-state index is 12.6. The minimum absolute atomic E-state index is 0.212. The van der Waals surface area contributed by atoms with E-state index in [1.807, 2.05) is 0 Å². The third-order valence-corrected chi connectivity index (χ3v) is 4.42. The summed E-state index contributed by atoms with van der Waals surface area (Å²) in [5.74, 6) is -1.22. The van der Waals surface area contributed by atoms with E-state index in [0.29, 0.717) is 36.1 Å². The summed E-state index contributed by atoms with van der Waals surface area (Å²) in [4.78, 5) is 49.4. The molecule has 7 nitrogen and oxygen atoms in total. The standard InChI is InChI=1S/C18H19N3O4/c1-2-3-8-19-16(23)11-4-5-13-12(9-11)10-21(18(13)25)14-6-7-15(22)20-17(14)24/h2,4-5,9,14H,1,3,6-8,10H2,(H,19,23)(H,20,22,24). The minimum atomic E-state index is -0.650. The number of piperidine rings is 1. The molecule has 2 aliphatic rings. The van der Waals surface area contributed by atoms with Gasteiger partial charge in [-0.2, -0.15) is 0 Å². The zero-order valence-electron chi connectivity index (χ0n) is 13.7. The number of imide groups is 1. The molecule has 0 aliphatic carbocycles. The van der Waals surface area contributed by atoms with Crippen molar-refractivity contribution in [2.75, 3.05) is 6.54 Å². The van der Waals surface area contributed by atoms with Crippen LogP contribution >= 0.6 is 0 Å². The van der Waals surface area contributed by atoms with Gasteiger partial charge in [-0.1, -0.05) is 6.08 Å². The van der Waals surface area contributed by atoms with E-state index in [1.54, 1.807) is 24.3 Å². The molecule has 25 heavy (non-hydrogen) atoms. The quantitative estimate of drug-likeness (QED) is 0.469. The number of carbonyl (C=O) groups excluding carboxylic acids is 4. The molecule has 0 bridgehead atoms. The summed E-state index contributed by atoms with van der Waals surface area (Å²) >= 11 is 0. The number of nitrogens with zero attached hydrogens (tertiary/aromatic N) is 1. The van der Waals surface area contributed by atoms with Crippen LogP contribution in [-0.2, 0) is 16.1 Å². The van der Waals surface area contributed by atoms with Crippen molar-refractivity contribution >= 4 is 23.6 Å². The number of fused-ring (bicyclic) bond motifs is 1. The second-order valence-corrected chi connectivity index (χ2v) is 6.11. The molecule has 1 atom stereocenters. The second-order valence-electron chi connectivity index (χ2n) is 6.11. The van der Waals surface area contributed by atoms with Crippen LogP contribution in [0.1, 0.15) is 45.5 Å². The average molecular weight is 341 g/mol. The maximum Gasteiger partial charge on any atom is 0.255 e. The Kier molecular flexibility index (Phi) is 4.65. The van der Waals surface area contributed by atoms with E-state index < -0.39 is 11.9 Å². The van der Waals surface area contributed by atoms with Crippen LogP contribution in [0.15, 0.2) is 30.9 Å². The first-order valence-electron chi connectivity index (χ1n) is 8.18. The van der Waals surface area contributed by atoms with Crippen molar-refractivity contribution in [3.05, 3.63) is 47.5 Å². The third-order valence-electron chi connectivity index (χ3n) is 4.42. The van der Waals surface area contributed by atoms with Crippen molar-refractivity contribution in [3.63, 3.8) is 0 Å². The second kappa shape index (κ2) is 6.88. The van der Waals surface area contributed by atoms with Gasteiger partial charge in [0.05, 0.1) is 0 Å². The Balaban J connectivity index is 1.75. The summed E-state index contributed by atoms with van der Waals surface area (Å²) in [7, 11) is 0. The highest BCUT2D eigenvalue weighted by Crippen LogP contribution is 2.28. The van der Waals surface area contributed by atoms with E-state index >= 15 is 0 Å². The lowest BCUT2D eigenvalue weighted by Gasteiger charge is -2.29. The monoisotopic (exact) mass is 341 g/mol. The molecule has 2 heterocycles. The van der Waals surface area contributed by atoms with Crippen LogP contribution in [-0.4, -0.2) is 41.1 Å². The molecule has 1 unspecified atom stereocenters. The van der Waals surface area contributed by atoms with E-state index in [1.165, 1.54) is 4.90 Å². The van der Waals surface area contributed by atoms with Crippen molar-refractivity contribution in [2.24, 2.45) is 0 Å². The zero-order valence-corrected chi connectivity index (χ0v) is 13.7. The molecule has 1 saturated heterocycles. The van der Waals surface area contributed by atoms with E-state index in [2.05, 4.69) is 17.2 Å². The van der Waals surface area contributed by atoms with Gasteiger partial charge in [-0.3, -0.25) is 24.5 Å². The summed E-state index contributed by atoms with van der Waals surface area (Å²) < 4.78 is 0. The molecule has 7 heteroatoms. The molecule has 3 rings (SSSR count). The van der Waals surface area contributed by atoms with Gasteiger partial charge in [0.15, 0.2) is 0 Å². The number of hydrogen-bond acceptors (Lipinski definition) is 4. The van der Waals surface area contributed by atoms with E-state index in [9.17, 15) is 19.2 Å². The minimum Gasteiger partial charge on any atom is -0.352 e. The van der Waals surface area contributed by atoms with Crippen molar-refractivity contribution in [1.82, 2.24) is 15.5 Å². The van der Waals surface area contributed by atoms with Gasteiger partial charge in [0, 0.05) is 30.6 Å². The third kappa shape index (κ3) is 3.31. The molecule has 1 fully saturated rings. The Labute approximate surface area is 145 Å². The Morgan fingerprint density at radius 2 is 2.16 bits per heavy atom. The first kappa shape index (κ1) is 16.9. The van der Waals surface area contributed by atoms with Crippen LogP contribution in [0.2, 0.25) is 0 Å². The molecule has 130 valence electrons. The van der Waals surface area contributed by atoms with Crippen molar-refractivity contribution in [2.45, 2.75) is 31.8 Å². The molecule has 0 saturated carbocycles. The van der Waals surface area contributed by atoms with Gasteiger partial charge in [0.25, 0.3) is 11.8 Å². The van der Waals surface area contributed by atoms with Gasteiger partial charge >= 0.3 is 0 Å². The highest BCUT2D eigenvalue weighted by molar-refractivity contribution is 6.06. The Hall–Kier alpha value is -2.96. The first-order valence-corrected chi connectivity index (χ1v) is 8.18. The molecule has 4 amide bonds. The fourth-order valence-electron chi connectivity index (χ4n) is 3.11. The molecule has 2 N–H and O–H groups in total. The van der Waals surface area contributed by atoms with Crippen LogP contribution in [0.25, 0.3) is 0 Å². The number of rotatable bonds is 5. The Morgan fingerprint density at radius 1 is 1.36 bits per heavy atom. The predicted molar refractivity (Wildman–Crippen MR) is 89.6 cm³/mol. The molecule has 1 aromatic rings. The lowest BCUT2D eigenvalue weighted by Crippen LogP contribution is -2.52. The number of carbonyl (C=O) groups is 4. The number of amides is 4. The lowest BCUT2D eigenvalue weighted by molar-refractivity contribution is -0.136. The SMILES string of the molecule is C=CCCNC(=O)c1ccc2c(c1)CN(C1CCC(=O)NC1=O)C2=O. The van der Waals surface area contributed by atoms with E-state index in [0.717, 1.165) is 0 Å². The molecular weight excluding hydrogens is 322 g/mol. The Bertz CT molecular complexity index is 772. The topological polar surface area (TPSA) is 95.6 Å². The molecule has 0 aromatic heterocycles. The molecule has 0 radical (unpaired) electrons. The highest BCUT2D eigenvalue weighted by atomic mass is 16.2. The van der Waals surface area contributed by atoms with Crippen LogP contribution in [0.5, 0.6) is 0 Å². The predicted octanol–water partition coefficient (Wildman–Crippen LogP) is 0.753. The molecular formula is C18H19N3O4. The van der Waals surface area contributed by atoms with Crippen LogP contribution in [0.3, 0.4) is 0 Å². The summed E-state index contributed by atoms with van der Waals surface area (Å²) in [5, 5.41) is 5.05. The van der Waals surface area contributed by atoms with E-state index in [-0.39, 0.29) is 30.7 Å². The molecule has 2 aliphatic heterocycles. The van der Waals surface area contributed by atoms with Gasteiger partial charge in [-0.25, -0.2) is 0 Å². The normalized spacial score (nSPS) is 19.4. The Morgan fingerprint density at radius 3 is 2.88 bits per heavy atom. The van der Waals surface area contributed by atoms with Crippen molar-refractivity contribution in [3.8, 4) is 0 Å². The van der Waals surface area contributed by atoms with Crippen LogP contribution in [0.4, 0.5) is 0 Å². The molecule has 0 spiro atoms. The van der Waals surface area contributed by atoms with Gasteiger partial charge in [0.2, 0.25) is 11.8 Å². The molecule has 1 aromatic carbocycles. The number of benzene rings is 1. The van der Waals surface area contributed by atoms with Crippen molar-refractivity contribution < 1.29 is 19.2 Å². The van der Waals surface area contributed by atoms with Gasteiger partial charge in [-0.05, 0) is 36.6 Å². The zero-order chi connectivity index (χ0) is 18.0. The maximum atomic E-state index is 12.6. The van der Waals surface area contributed by atoms with Gasteiger partial charge < -0.3 is 10.2 Å². The van der Waals surface area contributed by atoms with Crippen molar-refractivity contribution in [1.29, 1.82) is 0 Å². The van der Waals surface area contributed by atoms with Crippen LogP contribution in [0, 0.1) is 0 Å². The fraction of sp³-hybridized carbons (Fsp3) is 0.333. The van der Waals surface area contributed by atoms with E-state index in [4.69, 9.17) is 0 Å². The number of hydrogen-bond donors (Lipinski definition) is 2. The summed E-state index contributed by atoms with van der Waals surface area (Å²) in [6.45, 7) is 4.36.